The lowest BCUT2D eigenvalue weighted by Gasteiger charge is -2.05. The summed E-state index contributed by atoms with van der Waals surface area (Å²) in [6.45, 7) is 0. The Hall–Kier alpha value is -2.61. The van der Waals surface area contributed by atoms with E-state index in [1.54, 1.807) is 18.2 Å². The number of rotatable bonds is 2. The van der Waals surface area contributed by atoms with E-state index in [1.807, 2.05) is 6.07 Å². The molecule has 1 aliphatic rings. The molecule has 4 N–H and O–H groups in total. The first-order valence-electron chi connectivity index (χ1n) is 5.98. The molecule has 0 unspecified atom stereocenters. The molecule has 1 amide bonds. The van der Waals surface area contributed by atoms with Gasteiger partial charge in [0.05, 0.1) is 6.07 Å². The first kappa shape index (κ1) is 12.8. The Kier molecular flexibility index (Phi) is 3.62. The fourth-order valence-electron chi connectivity index (χ4n) is 2.21. The Labute approximate surface area is 111 Å². The van der Waals surface area contributed by atoms with Gasteiger partial charge in [0.25, 0.3) is 5.91 Å². The van der Waals surface area contributed by atoms with Crippen LogP contribution in [0, 0.1) is 11.3 Å². The first-order chi connectivity index (χ1) is 9.11. The number of amides is 1. The number of allylic oxidation sites excluding steroid dienone is 2. The highest BCUT2D eigenvalue weighted by molar-refractivity contribution is 6.02. The quantitative estimate of drug-likeness (QED) is 0.617. The number of benzene rings is 1. The zero-order valence-electron chi connectivity index (χ0n) is 10.4. The highest BCUT2D eigenvalue weighted by Gasteiger charge is 2.16. The molecule has 19 heavy (non-hydrogen) atoms. The number of aliphatic imine (C=N–C) groups is 1. The predicted molar refractivity (Wildman–Crippen MR) is 73.0 cm³/mol. The van der Waals surface area contributed by atoms with Crippen molar-refractivity contribution >= 4 is 17.4 Å². The summed E-state index contributed by atoms with van der Waals surface area (Å²) in [5.41, 5.74) is 13.5. The van der Waals surface area contributed by atoms with Gasteiger partial charge in [-0.25, -0.2) is 0 Å². The number of hydrogen-bond donors (Lipinski definition) is 2. The van der Waals surface area contributed by atoms with Gasteiger partial charge >= 0.3 is 0 Å². The molecule has 0 atom stereocenters. The van der Waals surface area contributed by atoms with Crippen molar-refractivity contribution < 1.29 is 4.79 Å². The van der Waals surface area contributed by atoms with Crippen molar-refractivity contribution in [3.05, 3.63) is 41.0 Å². The highest BCUT2D eigenvalue weighted by atomic mass is 16.1. The number of nitrogens with zero attached hydrogens (tertiary/aromatic N) is 2. The first-order valence-corrected chi connectivity index (χ1v) is 5.98. The molecule has 5 heteroatoms. The standard InChI is InChI=1S/C14H14N4O/c15-8-11-5-2-6-12(11)9-3-1-4-10(7-9)13(19)18-14(16)17/h1,3-4,7H,2,5-6H2,(H4,16,17,18,19). The van der Waals surface area contributed by atoms with Gasteiger partial charge in [-0.05, 0) is 42.5 Å². The van der Waals surface area contributed by atoms with Crippen LogP contribution in [0.5, 0.6) is 0 Å². The normalized spacial score (nSPS) is 14.1. The highest BCUT2D eigenvalue weighted by Crippen LogP contribution is 2.33. The summed E-state index contributed by atoms with van der Waals surface area (Å²) < 4.78 is 0. The third kappa shape index (κ3) is 2.80. The van der Waals surface area contributed by atoms with Gasteiger partial charge in [0.1, 0.15) is 0 Å². The Morgan fingerprint density at radius 1 is 1.32 bits per heavy atom. The largest absolute Gasteiger partial charge is 0.370 e. The predicted octanol–water partition coefficient (Wildman–Crippen LogP) is 1.56. The van der Waals surface area contributed by atoms with Crippen LogP contribution in [0.2, 0.25) is 0 Å². The Morgan fingerprint density at radius 2 is 2.11 bits per heavy atom. The van der Waals surface area contributed by atoms with Crippen LogP contribution in [-0.4, -0.2) is 11.9 Å². The number of nitriles is 1. The van der Waals surface area contributed by atoms with Crippen molar-refractivity contribution in [2.45, 2.75) is 19.3 Å². The molecular weight excluding hydrogens is 240 g/mol. The maximum Gasteiger partial charge on any atom is 0.280 e. The number of carbonyl (C=O) groups excluding carboxylic acids is 1. The number of guanidine groups is 1. The number of hydrogen-bond acceptors (Lipinski definition) is 2. The van der Waals surface area contributed by atoms with Crippen LogP contribution in [0.15, 0.2) is 34.8 Å². The molecule has 2 rings (SSSR count). The molecule has 5 nitrogen and oxygen atoms in total. The van der Waals surface area contributed by atoms with E-state index in [1.165, 1.54) is 0 Å². The van der Waals surface area contributed by atoms with E-state index < -0.39 is 5.91 Å². The van der Waals surface area contributed by atoms with Gasteiger partial charge < -0.3 is 11.5 Å². The lowest BCUT2D eigenvalue weighted by molar-refractivity contribution is 0.100. The van der Waals surface area contributed by atoms with Gasteiger partial charge in [-0.1, -0.05) is 12.1 Å². The minimum absolute atomic E-state index is 0.256. The molecule has 0 radical (unpaired) electrons. The summed E-state index contributed by atoms with van der Waals surface area (Å²) in [5, 5.41) is 9.07. The van der Waals surface area contributed by atoms with Gasteiger partial charge in [-0.2, -0.15) is 10.3 Å². The van der Waals surface area contributed by atoms with Crippen molar-refractivity contribution in [3.63, 3.8) is 0 Å². The topological polar surface area (TPSA) is 105 Å². The maximum atomic E-state index is 11.7. The van der Waals surface area contributed by atoms with E-state index >= 15 is 0 Å². The molecular formula is C14H14N4O. The summed E-state index contributed by atoms with van der Waals surface area (Å²) >= 11 is 0. The third-order valence-electron chi connectivity index (χ3n) is 3.04. The summed E-state index contributed by atoms with van der Waals surface area (Å²) in [6, 6.07) is 9.26. The molecule has 0 heterocycles. The maximum absolute atomic E-state index is 11.7. The van der Waals surface area contributed by atoms with Crippen molar-refractivity contribution in [2.24, 2.45) is 16.5 Å². The van der Waals surface area contributed by atoms with E-state index in [0.29, 0.717) is 5.56 Å². The second-order valence-corrected chi connectivity index (χ2v) is 4.35. The van der Waals surface area contributed by atoms with E-state index in [0.717, 1.165) is 36.0 Å². The molecule has 1 aliphatic carbocycles. The van der Waals surface area contributed by atoms with Crippen LogP contribution in [0.1, 0.15) is 35.2 Å². The van der Waals surface area contributed by atoms with Gasteiger partial charge in [0, 0.05) is 11.1 Å². The van der Waals surface area contributed by atoms with E-state index in [9.17, 15) is 4.79 Å². The molecule has 0 saturated heterocycles. The molecule has 0 bridgehead atoms. The monoisotopic (exact) mass is 254 g/mol. The van der Waals surface area contributed by atoms with Crippen molar-refractivity contribution in [1.82, 2.24) is 0 Å². The minimum atomic E-state index is -0.473. The lowest BCUT2D eigenvalue weighted by Crippen LogP contribution is -2.24. The van der Waals surface area contributed by atoms with Gasteiger partial charge in [0.15, 0.2) is 5.96 Å². The second-order valence-electron chi connectivity index (χ2n) is 4.35. The van der Waals surface area contributed by atoms with Crippen molar-refractivity contribution in [1.29, 1.82) is 5.26 Å². The van der Waals surface area contributed by atoms with E-state index in [2.05, 4.69) is 11.1 Å². The summed E-state index contributed by atoms with van der Waals surface area (Å²) in [5.74, 6) is -0.729. The zero-order valence-corrected chi connectivity index (χ0v) is 10.4. The molecule has 0 aliphatic heterocycles. The summed E-state index contributed by atoms with van der Waals surface area (Å²) in [6.07, 6.45) is 2.64. The molecule has 96 valence electrons. The Bertz CT molecular complexity index is 619. The number of carbonyl (C=O) groups is 1. The van der Waals surface area contributed by atoms with Crippen molar-refractivity contribution in [2.75, 3.05) is 0 Å². The van der Waals surface area contributed by atoms with Gasteiger partial charge in [-0.3, -0.25) is 4.79 Å². The summed E-state index contributed by atoms with van der Waals surface area (Å²) in [7, 11) is 0. The molecule has 0 saturated carbocycles. The fourth-order valence-corrected chi connectivity index (χ4v) is 2.21. The molecule has 0 spiro atoms. The van der Waals surface area contributed by atoms with E-state index in [-0.39, 0.29) is 5.96 Å². The average Bonchev–Trinajstić information content (AvgIpc) is 2.86. The SMILES string of the molecule is N#CC1=C(c2cccc(C(=O)N=C(N)N)c2)CCC1. The van der Waals surface area contributed by atoms with Crippen LogP contribution < -0.4 is 11.5 Å². The summed E-state index contributed by atoms with van der Waals surface area (Å²) in [4.78, 5) is 15.3. The van der Waals surface area contributed by atoms with Crippen LogP contribution in [0.4, 0.5) is 0 Å². The average molecular weight is 254 g/mol. The van der Waals surface area contributed by atoms with Crippen LogP contribution in [-0.2, 0) is 0 Å². The zero-order chi connectivity index (χ0) is 13.8. The molecule has 0 aromatic heterocycles. The molecule has 0 fully saturated rings. The second kappa shape index (κ2) is 5.36. The van der Waals surface area contributed by atoms with Gasteiger partial charge in [0.2, 0.25) is 0 Å². The van der Waals surface area contributed by atoms with E-state index in [4.69, 9.17) is 16.7 Å². The lowest BCUT2D eigenvalue weighted by atomic mass is 10.00. The Balaban J connectivity index is 2.38. The minimum Gasteiger partial charge on any atom is -0.370 e. The van der Waals surface area contributed by atoms with Crippen molar-refractivity contribution in [3.8, 4) is 6.07 Å². The molecule has 1 aromatic carbocycles. The Morgan fingerprint density at radius 3 is 2.79 bits per heavy atom. The van der Waals surface area contributed by atoms with Gasteiger partial charge in [-0.15, -0.1) is 0 Å². The smallest absolute Gasteiger partial charge is 0.280 e. The van der Waals surface area contributed by atoms with Crippen LogP contribution in [0.25, 0.3) is 5.57 Å². The number of nitrogens with two attached hydrogens (primary N) is 2. The van der Waals surface area contributed by atoms with Crippen LogP contribution >= 0.6 is 0 Å². The third-order valence-corrected chi connectivity index (χ3v) is 3.04. The van der Waals surface area contributed by atoms with Crippen LogP contribution in [0.3, 0.4) is 0 Å². The fraction of sp³-hybridized carbons (Fsp3) is 0.214. The molecule has 1 aromatic rings.